The minimum Gasteiger partial charge on any atom is -0.507 e. The molecule has 8 heteroatoms. The van der Waals surface area contributed by atoms with E-state index in [4.69, 9.17) is 27.9 Å². The average Bonchev–Trinajstić information content (AvgIpc) is 3.08. The number of hydrogen-bond acceptors (Lipinski definition) is 5. The van der Waals surface area contributed by atoms with Gasteiger partial charge in [0.05, 0.1) is 23.2 Å². The fourth-order valence-electron chi connectivity index (χ4n) is 3.89. The molecule has 6 nitrogen and oxygen atoms in total. The van der Waals surface area contributed by atoms with Gasteiger partial charge in [-0.2, -0.15) is 0 Å². The lowest BCUT2D eigenvalue weighted by atomic mass is 9.95. The summed E-state index contributed by atoms with van der Waals surface area (Å²) in [6.07, 6.45) is 3.12. The summed E-state index contributed by atoms with van der Waals surface area (Å²) in [5.74, 6) is -1.51. The van der Waals surface area contributed by atoms with Gasteiger partial charge >= 0.3 is 0 Å². The first-order valence-corrected chi connectivity index (χ1v) is 11.0. The van der Waals surface area contributed by atoms with Crippen LogP contribution in [0.5, 0.6) is 5.75 Å². The molecule has 0 spiro atoms. The lowest BCUT2D eigenvalue weighted by molar-refractivity contribution is -0.132. The summed E-state index contributed by atoms with van der Waals surface area (Å²) in [5, 5.41) is 12.0. The maximum absolute atomic E-state index is 13.3. The average molecular weight is 483 g/mol. The molecule has 1 aliphatic rings. The van der Waals surface area contributed by atoms with Gasteiger partial charge in [-0.25, -0.2) is 0 Å². The number of aliphatic hydroxyl groups excluding tert-OH is 1. The Hall–Kier alpha value is -3.35. The predicted molar refractivity (Wildman–Crippen MR) is 128 cm³/mol. The van der Waals surface area contributed by atoms with Crippen LogP contribution >= 0.6 is 23.2 Å². The molecule has 1 fully saturated rings. The number of hydrogen-bond donors (Lipinski definition) is 1. The number of nitrogens with zero attached hydrogens (tertiary/aromatic N) is 2. The van der Waals surface area contributed by atoms with Crippen molar-refractivity contribution in [2.45, 2.75) is 19.9 Å². The normalized spacial score (nSPS) is 17.5. The van der Waals surface area contributed by atoms with Gasteiger partial charge < -0.3 is 9.84 Å². The van der Waals surface area contributed by atoms with Crippen molar-refractivity contribution in [3.05, 3.63) is 93.2 Å². The maximum Gasteiger partial charge on any atom is 0.300 e. The SMILES string of the molecule is CCOc1ccc(Cl)c(/C(O)=C2\C(=O)C(=O)N(c3cccc(Cl)c3C)C2c2ccncc2)c1. The molecule has 33 heavy (non-hydrogen) atoms. The number of carbonyl (C=O) groups excluding carboxylic acids is 2. The van der Waals surface area contributed by atoms with Crippen LogP contribution in [0.25, 0.3) is 5.76 Å². The number of rotatable bonds is 5. The monoisotopic (exact) mass is 482 g/mol. The Morgan fingerprint density at radius 3 is 2.52 bits per heavy atom. The molecule has 1 unspecified atom stereocenters. The van der Waals surface area contributed by atoms with Gasteiger partial charge in [-0.05, 0) is 67.4 Å². The molecule has 2 aromatic carbocycles. The Bertz CT molecular complexity index is 1270. The number of carbonyl (C=O) groups is 2. The molecule has 3 aromatic rings. The highest BCUT2D eigenvalue weighted by Gasteiger charge is 2.47. The highest BCUT2D eigenvalue weighted by molar-refractivity contribution is 6.52. The number of pyridine rings is 1. The first kappa shape index (κ1) is 22.8. The van der Waals surface area contributed by atoms with Crippen LogP contribution in [0.15, 0.2) is 66.5 Å². The van der Waals surface area contributed by atoms with Gasteiger partial charge in [-0.3, -0.25) is 19.5 Å². The van der Waals surface area contributed by atoms with E-state index < -0.39 is 17.7 Å². The van der Waals surface area contributed by atoms with Gasteiger partial charge in [0.15, 0.2) is 0 Å². The quantitative estimate of drug-likeness (QED) is 0.285. The van der Waals surface area contributed by atoms with E-state index in [2.05, 4.69) is 4.98 Å². The van der Waals surface area contributed by atoms with E-state index in [9.17, 15) is 14.7 Å². The van der Waals surface area contributed by atoms with E-state index in [1.165, 1.54) is 4.90 Å². The van der Waals surface area contributed by atoms with Crippen LogP contribution in [0, 0.1) is 6.92 Å². The van der Waals surface area contributed by atoms with Gasteiger partial charge in [0.2, 0.25) is 0 Å². The molecule has 1 N–H and O–H groups in total. The van der Waals surface area contributed by atoms with Crippen LogP contribution in [0.1, 0.15) is 29.7 Å². The van der Waals surface area contributed by atoms with Crippen molar-refractivity contribution in [3.63, 3.8) is 0 Å². The van der Waals surface area contributed by atoms with Crippen molar-refractivity contribution >= 4 is 46.3 Å². The lowest BCUT2D eigenvalue weighted by Gasteiger charge is -2.27. The van der Waals surface area contributed by atoms with E-state index in [0.29, 0.717) is 34.2 Å². The molecule has 1 aromatic heterocycles. The Labute approximate surface area is 201 Å². The highest BCUT2D eigenvalue weighted by Crippen LogP contribution is 2.44. The number of amides is 1. The first-order valence-electron chi connectivity index (χ1n) is 10.2. The minimum absolute atomic E-state index is 0.0823. The van der Waals surface area contributed by atoms with Crippen molar-refractivity contribution in [1.29, 1.82) is 0 Å². The van der Waals surface area contributed by atoms with E-state index in [-0.39, 0.29) is 21.9 Å². The van der Waals surface area contributed by atoms with Gasteiger partial charge in [0.25, 0.3) is 11.7 Å². The van der Waals surface area contributed by atoms with E-state index in [0.717, 1.165) is 0 Å². The second-order valence-corrected chi connectivity index (χ2v) is 8.22. The number of ketones is 1. The molecule has 1 saturated heterocycles. The Balaban J connectivity index is 1.98. The van der Waals surface area contributed by atoms with E-state index in [1.54, 1.807) is 67.8 Å². The second kappa shape index (κ2) is 9.25. The van der Waals surface area contributed by atoms with Crippen LogP contribution in [0.2, 0.25) is 10.0 Å². The number of Topliss-reactive ketones (excluding diaryl/α,β-unsaturated/α-hetero) is 1. The van der Waals surface area contributed by atoms with Gasteiger partial charge in [0.1, 0.15) is 11.5 Å². The molecule has 1 aliphatic heterocycles. The summed E-state index contributed by atoms with van der Waals surface area (Å²) in [4.78, 5) is 31.9. The van der Waals surface area contributed by atoms with Crippen LogP contribution in [0.4, 0.5) is 5.69 Å². The van der Waals surface area contributed by atoms with Gasteiger partial charge in [0, 0.05) is 28.7 Å². The number of halogens is 2. The molecule has 4 rings (SSSR count). The maximum atomic E-state index is 13.3. The summed E-state index contributed by atoms with van der Waals surface area (Å²) >= 11 is 12.7. The predicted octanol–water partition coefficient (Wildman–Crippen LogP) is 5.72. The van der Waals surface area contributed by atoms with Crippen molar-refractivity contribution in [2.75, 3.05) is 11.5 Å². The third-order valence-electron chi connectivity index (χ3n) is 5.47. The zero-order chi connectivity index (χ0) is 23.7. The fourth-order valence-corrected chi connectivity index (χ4v) is 4.26. The number of anilines is 1. The molecule has 0 radical (unpaired) electrons. The smallest absolute Gasteiger partial charge is 0.300 e. The van der Waals surface area contributed by atoms with Gasteiger partial charge in [-0.15, -0.1) is 0 Å². The molecular formula is C25H20Cl2N2O4. The van der Waals surface area contributed by atoms with Crippen LogP contribution in [-0.4, -0.2) is 28.4 Å². The van der Waals surface area contributed by atoms with Crippen molar-refractivity contribution in [2.24, 2.45) is 0 Å². The zero-order valence-corrected chi connectivity index (χ0v) is 19.4. The zero-order valence-electron chi connectivity index (χ0n) is 17.9. The van der Waals surface area contributed by atoms with Crippen LogP contribution < -0.4 is 9.64 Å². The first-order chi connectivity index (χ1) is 15.8. The molecule has 0 aliphatic carbocycles. The Morgan fingerprint density at radius 2 is 1.82 bits per heavy atom. The molecule has 1 amide bonds. The molecule has 2 heterocycles. The van der Waals surface area contributed by atoms with E-state index >= 15 is 0 Å². The van der Waals surface area contributed by atoms with Gasteiger partial charge in [-0.1, -0.05) is 29.3 Å². The second-order valence-electron chi connectivity index (χ2n) is 7.41. The summed E-state index contributed by atoms with van der Waals surface area (Å²) in [5.41, 5.74) is 1.82. The summed E-state index contributed by atoms with van der Waals surface area (Å²) < 4.78 is 5.52. The molecule has 0 saturated carbocycles. The molecule has 1 atom stereocenters. The van der Waals surface area contributed by atoms with Crippen molar-refractivity contribution in [1.82, 2.24) is 4.98 Å². The van der Waals surface area contributed by atoms with Crippen LogP contribution in [-0.2, 0) is 9.59 Å². The topological polar surface area (TPSA) is 79.7 Å². The number of aromatic nitrogens is 1. The standard InChI is InChI=1S/C25H20Cl2N2O4/c1-3-33-16-7-8-19(27)17(13-16)23(30)21-22(15-9-11-28-12-10-15)29(25(32)24(21)31)20-6-4-5-18(26)14(20)2/h4-13,22,30H,3H2,1-2H3/b23-21+. The van der Waals surface area contributed by atoms with Crippen molar-refractivity contribution in [3.8, 4) is 5.75 Å². The summed E-state index contributed by atoms with van der Waals surface area (Å²) in [6, 6.07) is 12.4. The summed E-state index contributed by atoms with van der Waals surface area (Å²) in [6.45, 7) is 4.01. The molecule has 168 valence electrons. The third-order valence-corrected chi connectivity index (χ3v) is 6.21. The Kier molecular flexibility index (Phi) is 6.40. The number of ether oxygens (including phenoxy) is 1. The largest absolute Gasteiger partial charge is 0.507 e. The molecule has 0 bridgehead atoms. The van der Waals surface area contributed by atoms with Crippen LogP contribution in [0.3, 0.4) is 0 Å². The highest BCUT2D eigenvalue weighted by atomic mass is 35.5. The minimum atomic E-state index is -0.906. The number of aliphatic hydroxyl groups is 1. The number of benzene rings is 2. The summed E-state index contributed by atoms with van der Waals surface area (Å²) in [7, 11) is 0. The fraction of sp³-hybridized carbons (Fsp3) is 0.160. The third kappa shape index (κ3) is 4.08. The lowest BCUT2D eigenvalue weighted by Crippen LogP contribution is -2.30. The van der Waals surface area contributed by atoms with Crippen molar-refractivity contribution < 1.29 is 19.4 Å². The van der Waals surface area contributed by atoms with E-state index in [1.807, 2.05) is 6.92 Å². The Morgan fingerprint density at radius 1 is 1.09 bits per heavy atom. The molecular weight excluding hydrogens is 463 g/mol.